The van der Waals surface area contributed by atoms with Crippen LogP contribution in [0.5, 0.6) is 0 Å². The summed E-state index contributed by atoms with van der Waals surface area (Å²) in [5.74, 6) is -1.49. The fraction of sp³-hybridized carbons (Fsp3) is 0.947. The van der Waals surface area contributed by atoms with Crippen LogP contribution in [0.2, 0.25) is 0 Å². The quantitative estimate of drug-likeness (QED) is 0.0193. The molecular weight excluding hydrogens is 1060 g/mol. The van der Waals surface area contributed by atoms with Crippen LogP contribution in [0.1, 0.15) is 58.2 Å². The summed E-state index contributed by atoms with van der Waals surface area (Å²) in [5.41, 5.74) is 0. The van der Waals surface area contributed by atoms with Gasteiger partial charge in [-0.25, -0.2) is 4.79 Å². The second-order valence-corrected chi connectivity index (χ2v) is 25.3. The minimum Gasteiger partial charge on any atom is -0.464 e. The second kappa shape index (κ2) is 29.2. The van der Waals surface area contributed by atoms with Gasteiger partial charge in [0.2, 0.25) is 5.91 Å². The Morgan fingerprint density at radius 2 is 1.13 bits per heavy atom. The summed E-state index contributed by atoms with van der Waals surface area (Å²) in [5, 5.41) is 15.2. The number of carbonyl (C=O) groups excluding carboxylic acids is 2. The molecule has 0 bridgehead atoms. The van der Waals surface area contributed by atoms with E-state index in [2.05, 4.69) is 10.6 Å². The minimum atomic E-state index is -4.89. The van der Waals surface area contributed by atoms with Crippen molar-refractivity contribution in [1.29, 1.82) is 0 Å². The molecule has 8 N–H and O–H groups in total. The predicted molar refractivity (Wildman–Crippen MR) is 245 cm³/mol. The Morgan fingerprint density at radius 3 is 1.58 bits per heavy atom. The van der Waals surface area contributed by atoms with Crippen molar-refractivity contribution < 1.29 is 129 Å². The van der Waals surface area contributed by atoms with E-state index in [1.54, 1.807) is 0 Å². The van der Waals surface area contributed by atoms with E-state index in [9.17, 15) is 62.0 Å². The summed E-state index contributed by atoms with van der Waals surface area (Å²) in [6.45, 7) is -7.39. The third kappa shape index (κ3) is 21.0. The van der Waals surface area contributed by atoms with Gasteiger partial charge in [-0.15, -0.1) is 0 Å². The number of rotatable bonds is 33. The zero-order chi connectivity index (χ0) is 56.2. The SMILES string of the molecule is [3H]C1CC(O[PH](=O)O)C(CP(=O)(O)OC2CC([3H])OC2CP(=O)(O)OC2CC([3H])OC2CP(=O)(O)OC2CC([3H])OC2CP(=O)(O)OC2CC([3H])OC2C(NCCCCC(CO)COC(=O)COCC(=O)NC)OC)O1. The summed E-state index contributed by atoms with van der Waals surface area (Å²) < 4.78 is 176. The average Bonchev–Trinajstić information content (AvgIpc) is 4.10. The predicted octanol–water partition coefficient (Wildman–Crippen LogP) is 0.627. The molecule has 0 radical (unpaired) electrons. The number of esters is 1. The van der Waals surface area contributed by atoms with Crippen LogP contribution >= 0.6 is 38.6 Å². The number of hydrogen-bond donors (Lipinski definition) is 8. The molecule has 71 heavy (non-hydrogen) atoms. The third-order valence-electron chi connectivity index (χ3n) is 11.5. The first-order valence-electron chi connectivity index (χ1n) is 25.6. The highest BCUT2D eigenvalue weighted by atomic mass is 31.2. The number of amides is 1. The van der Waals surface area contributed by atoms with Crippen LogP contribution in [0, 0.1) is 5.92 Å². The van der Waals surface area contributed by atoms with Gasteiger partial charge in [-0.3, -0.25) is 32.9 Å². The van der Waals surface area contributed by atoms with Gasteiger partial charge in [-0.2, -0.15) is 0 Å². The maximum Gasteiger partial charge on any atom is 0.332 e. The highest BCUT2D eigenvalue weighted by molar-refractivity contribution is 7.54. The normalized spacial score (nSPS) is 38.8. The van der Waals surface area contributed by atoms with E-state index in [0.29, 0.717) is 25.8 Å². The maximum absolute atomic E-state index is 13.7. The fourth-order valence-corrected chi connectivity index (χ4v) is 14.5. The van der Waals surface area contributed by atoms with E-state index in [1.165, 1.54) is 14.2 Å². The van der Waals surface area contributed by atoms with Crippen molar-refractivity contribution in [2.75, 3.05) is 105 Å². The van der Waals surface area contributed by atoms with E-state index in [0.717, 1.165) is 0 Å². The van der Waals surface area contributed by atoms with Gasteiger partial charge in [-0.1, -0.05) is 6.42 Å². The van der Waals surface area contributed by atoms with Crippen molar-refractivity contribution >= 4 is 50.5 Å². The number of aliphatic hydroxyl groups excluding tert-OH is 1. The lowest BCUT2D eigenvalue weighted by Crippen LogP contribution is -2.47. The molecule has 28 nitrogen and oxygen atoms in total. The number of likely N-dealkylation sites (N-methyl/N-ethyl adjacent to an activating group) is 1. The molecule has 5 heterocycles. The van der Waals surface area contributed by atoms with Gasteiger partial charge in [-0.05, 0) is 19.4 Å². The largest absolute Gasteiger partial charge is 0.464 e. The van der Waals surface area contributed by atoms with Crippen molar-refractivity contribution in [1.82, 2.24) is 10.6 Å². The number of unbranched alkanes of at least 4 members (excludes halogenated alkanes) is 1. The fourth-order valence-electron chi connectivity index (χ4n) is 7.98. The topological polar surface area (TPSA) is 385 Å². The molecule has 5 fully saturated rings. The Labute approximate surface area is 419 Å². The van der Waals surface area contributed by atoms with Crippen molar-refractivity contribution in [2.45, 2.75) is 119 Å². The van der Waals surface area contributed by atoms with Crippen molar-refractivity contribution in [2.24, 2.45) is 5.92 Å². The molecule has 0 aromatic carbocycles. The lowest BCUT2D eigenvalue weighted by molar-refractivity contribution is -0.151. The molecule has 5 aliphatic heterocycles. The third-order valence-corrected chi connectivity index (χ3v) is 17.7. The Hall–Kier alpha value is -0.670. The van der Waals surface area contributed by atoms with Crippen LogP contribution in [0.25, 0.3) is 0 Å². The Morgan fingerprint density at radius 1 is 0.690 bits per heavy atom. The van der Waals surface area contributed by atoms with Gasteiger partial charge in [0.15, 0.2) is 0 Å². The lowest BCUT2D eigenvalue weighted by atomic mass is 10.0. The zero-order valence-electron chi connectivity index (χ0n) is 44.0. The van der Waals surface area contributed by atoms with E-state index >= 15 is 0 Å². The first-order chi connectivity index (χ1) is 35.6. The monoisotopic (exact) mass is 1140 g/mol. The Bertz CT molecular complexity index is 2110. The lowest BCUT2D eigenvalue weighted by Gasteiger charge is -2.30. The molecule has 22 unspecified atom stereocenters. The van der Waals surface area contributed by atoms with Crippen molar-refractivity contribution in [3.8, 4) is 0 Å². The Balaban J connectivity index is 1.10. The molecule has 414 valence electrons. The number of methoxy groups -OCH3 is 1. The first kappa shape index (κ1) is 53.7. The van der Waals surface area contributed by atoms with E-state index in [4.69, 9.17) is 67.4 Å². The average molecular weight is 1140 g/mol. The number of ether oxygens (including phenoxy) is 8. The molecule has 0 spiro atoms. The summed E-state index contributed by atoms with van der Waals surface area (Å²) in [7, 11) is -20.0. The van der Waals surface area contributed by atoms with Gasteiger partial charge >= 0.3 is 44.6 Å². The van der Waals surface area contributed by atoms with E-state index < -0.39 is 182 Å². The molecule has 0 aromatic rings. The highest BCUT2D eigenvalue weighted by Crippen LogP contribution is 2.55. The summed E-state index contributed by atoms with van der Waals surface area (Å²) in [6, 6.07) is 0. The summed E-state index contributed by atoms with van der Waals surface area (Å²) >= 11 is 0. The molecule has 5 saturated heterocycles. The van der Waals surface area contributed by atoms with Crippen LogP contribution in [0.3, 0.4) is 0 Å². The molecule has 22 atom stereocenters. The minimum absolute atomic E-state index is 0.0763. The molecule has 0 aliphatic carbocycles. The van der Waals surface area contributed by atoms with Gasteiger partial charge < -0.3 is 95.4 Å². The maximum atomic E-state index is 13.7. The van der Waals surface area contributed by atoms with Gasteiger partial charge in [0, 0.05) is 91.7 Å². The smallest absolute Gasteiger partial charge is 0.332 e. The van der Waals surface area contributed by atoms with Crippen LogP contribution in [-0.4, -0.2) is 213 Å². The van der Waals surface area contributed by atoms with Gasteiger partial charge in [0.25, 0.3) is 0 Å². The zero-order valence-corrected chi connectivity index (χ0v) is 43.6. The summed E-state index contributed by atoms with van der Waals surface area (Å²) in [4.78, 5) is 76.3. The van der Waals surface area contributed by atoms with Crippen LogP contribution < -0.4 is 10.6 Å². The molecule has 33 heteroatoms. The molecule has 0 saturated carbocycles. The Kier molecular flexibility index (Phi) is 22.1. The van der Waals surface area contributed by atoms with Crippen molar-refractivity contribution in [3.63, 3.8) is 0 Å². The number of nitrogens with one attached hydrogen (secondary N) is 2. The second-order valence-electron chi connectivity index (χ2n) is 17.1. The number of aliphatic hydroxyl groups is 1. The van der Waals surface area contributed by atoms with E-state index in [1.807, 2.05) is 0 Å². The molecule has 5 rings (SSSR count). The van der Waals surface area contributed by atoms with Crippen LogP contribution in [0.15, 0.2) is 0 Å². The number of hydrogen-bond acceptors (Lipinski definition) is 22. The van der Waals surface area contributed by atoms with Gasteiger partial charge in [0.05, 0.1) is 93.0 Å². The molecule has 5 aliphatic rings. The first-order valence-corrected chi connectivity index (χ1v) is 31.0. The standard InChI is InChI=1S/C38H71N2O26P5/c1-39-35(42)19-55-20-36(43)61-18-25(17-41)5-3-4-11-40-38(54-2)37-30(10-16-60-37)66-71(52,53)24-34-29(9-15-59-34)65-70(50,51)23-33-28(8-14-58-33)64-69(48,49)22-32-27(7-13-57-32)63-68(46,47)21-31-26(6-12-56-31)62-67(44)45/h25-34,37-38,40-41,67H,3-24H2,1-2H3,(H,39,42)(H,44,45)(H,46,47)(H,48,49)(H,50,51)(H,52,53)/i12T,13T,14T,15T,16T. The molecule has 1 amide bonds. The van der Waals surface area contributed by atoms with Gasteiger partial charge in [0.1, 0.15) is 25.5 Å². The highest BCUT2D eigenvalue weighted by Gasteiger charge is 2.48. The van der Waals surface area contributed by atoms with E-state index in [-0.39, 0.29) is 57.8 Å². The molecular formula is C38H71N2O26P5. The van der Waals surface area contributed by atoms with Crippen LogP contribution in [0.4, 0.5) is 0 Å². The van der Waals surface area contributed by atoms with Crippen LogP contribution in [-0.2, 0) is 92.9 Å². The van der Waals surface area contributed by atoms with Crippen molar-refractivity contribution in [3.05, 3.63) is 0 Å². The molecule has 0 aromatic heterocycles. The number of carbonyl (C=O) groups is 2. The summed E-state index contributed by atoms with van der Waals surface area (Å²) in [6.07, 6.45) is -18.0.